The van der Waals surface area contributed by atoms with Gasteiger partial charge in [-0.05, 0) is 44.2 Å². The molecule has 0 amide bonds. The van der Waals surface area contributed by atoms with E-state index in [1.165, 1.54) is 10.9 Å². The fourth-order valence-electron chi connectivity index (χ4n) is 2.09. The molecule has 1 N–H and O–H groups in total. The minimum Gasteiger partial charge on any atom is -0.382 e. The molecule has 1 nitrogen and oxygen atoms in total. The second-order valence-corrected chi connectivity index (χ2v) is 7.24. The van der Waals surface area contributed by atoms with Crippen LogP contribution in [-0.2, 0) is 12.6 Å². The van der Waals surface area contributed by atoms with Gasteiger partial charge < -0.3 is 5.32 Å². The summed E-state index contributed by atoms with van der Waals surface area (Å²) in [4.78, 5) is 2.37. The highest BCUT2D eigenvalue weighted by Gasteiger charge is 2.34. The minimum atomic E-state index is -4.37. The Kier molecular flexibility index (Phi) is 4.99. The highest BCUT2D eigenvalue weighted by Crippen LogP contribution is 2.37. The van der Waals surface area contributed by atoms with Crippen molar-refractivity contribution in [3.8, 4) is 0 Å². The molecule has 0 saturated heterocycles. The summed E-state index contributed by atoms with van der Waals surface area (Å²) >= 11 is 4.75. The molecule has 1 aromatic carbocycles. The summed E-state index contributed by atoms with van der Waals surface area (Å²) in [6.07, 6.45) is -3.67. The zero-order valence-electron chi connectivity index (χ0n) is 11.6. The fraction of sp³-hybridized carbons (Fsp3) is 0.333. The summed E-state index contributed by atoms with van der Waals surface area (Å²) in [5.41, 5.74) is -0.530. The fourth-order valence-corrected chi connectivity index (χ4v) is 3.47. The zero-order valence-corrected chi connectivity index (χ0v) is 14.0. The lowest BCUT2D eigenvalue weighted by Gasteiger charge is -2.19. The predicted molar refractivity (Wildman–Crippen MR) is 85.0 cm³/mol. The first-order valence-corrected chi connectivity index (χ1v) is 8.05. The van der Waals surface area contributed by atoms with Crippen molar-refractivity contribution in [1.29, 1.82) is 0 Å². The van der Waals surface area contributed by atoms with Crippen LogP contribution >= 0.6 is 27.3 Å². The summed E-state index contributed by atoms with van der Waals surface area (Å²) in [5, 5.41) is 2.97. The number of benzene rings is 1. The van der Waals surface area contributed by atoms with Crippen molar-refractivity contribution in [3.05, 3.63) is 50.1 Å². The molecule has 2 rings (SSSR count). The van der Waals surface area contributed by atoms with Gasteiger partial charge in [0.25, 0.3) is 0 Å². The molecular weight excluding hydrogens is 363 g/mol. The highest BCUT2D eigenvalue weighted by molar-refractivity contribution is 9.10. The Morgan fingerprint density at radius 3 is 2.52 bits per heavy atom. The highest BCUT2D eigenvalue weighted by atomic mass is 79.9. The SMILES string of the molecule is Cc1ccc(CC(C)Nc2ccc(Br)cc2C(F)(F)F)s1. The summed E-state index contributed by atoms with van der Waals surface area (Å²) in [5.74, 6) is 0. The first-order chi connectivity index (χ1) is 9.75. The van der Waals surface area contributed by atoms with Crippen molar-refractivity contribution in [2.45, 2.75) is 32.5 Å². The van der Waals surface area contributed by atoms with Crippen LogP contribution in [0.3, 0.4) is 0 Å². The topological polar surface area (TPSA) is 12.0 Å². The monoisotopic (exact) mass is 377 g/mol. The Labute approximate surface area is 134 Å². The Morgan fingerprint density at radius 2 is 1.95 bits per heavy atom. The summed E-state index contributed by atoms with van der Waals surface area (Å²) in [6.45, 7) is 3.90. The van der Waals surface area contributed by atoms with Crippen LogP contribution in [0, 0.1) is 6.92 Å². The molecular formula is C15H15BrF3NS. The van der Waals surface area contributed by atoms with E-state index in [0.29, 0.717) is 10.9 Å². The third-order valence-corrected chi connectivity index (χ3v) is 4.51. The quantitative estimate of drug-likeness (QED) is 0.701. The first-order valence-electron chi connectivity index (χ1n) is 6.44. The molecule has 1 heterocycles. The number of aryl methyl sites for hydroxylation is 1. The standard InChI is InChI=1S/C15H15BrF3NS/c1-9(7-12-5-3-10(2)21-12)20-14-6-4-11(16)8-13(14)15(17,18)19/h3-6,8-9,20H,7H2,1-2H3. The molecule has 0 aliphatic rings. The van der Waals surface area contributed by atoms with E-state index in [4.69, 9.17) is 0 Å². The normalized spacial score (nSPS) is 13.2. The molecule has 1 aromatic heterocycles. The number of halogens is 4. The van der Waals surface area contributed by atoms with Crippen LogP contribution in [0.4, 0.5) is 18.9 Å². The van der Waals surface area contributed by atoms with Gasteiger partial charge in [-0.25, -0.2) is 0 Å². The molecule has 0 spiro atoms. The summed E-state index contributed by atoms with van der Waals surface area (Å²) in [6, 6.07) is 8.13. The van der Waals surface area contributed by atoms with E-state index in [2.05, 4.69) is 21.2 Å². The van der Waals surface area contributed by atoms with Gasteiger partial charge in [-0.1, -0.05) is 15.9 Å². The molecule has 0 saturated carbocycles. The molecule has 114 valence electrons. The van der Waals surface area contributed by atoms with Crippen LogP contribution in [0.2, 0.25) is 0 Å². The van der Waals surface area contributed by atoms with Crippen molar-refractivity contribution in [2.75, 3.05) is 5.32 Å². The van der Waals surface area contributed by atoms with Gasteiger partial charge in [-0.2, -0.15) is 13.2 Å². The maximum Gasteiger partial charge on any atom is 0.418 e. The third-order valence-electron chi connectivity index (χ3n) is 2.99. The Hall–Kier alpha value is -1.01. The third kappa shape index (κ3) is 4.48. The zero-order chi connectivity index (χ0) is 15.6. The van der Waals surface area contributed by atoms with E-state index in [1.807, 2.05) is 26.0 Å². The van der Waals surface area contributed by atoms with E-state index >= 15 is 0 Å². The number of nitrogens with one attached hydrogen (secondary N) is 1. The first kappa shape index (κ1) is 16.4. The Balaban J connectivity index is 2.15. The van der Waals surface area contributed by atoms with Crippen LogP contribution in [0.5, 0.6) is 0 Å². The van der Waals surface area contributed by atoms with E-state index in [1.54, 1.807) is 17.4 Å². The van der Waals surface area contributed by atoms with Crippen LogP contribution in [0.1, 0.15) is 22.2 Å². The molecule has 2 aromatic rings. The van der Waals surface area contributed by atoms with Gasteiger partial charge in [0.05, 0.1) is 5.56 Å². The molecule has 1 atom stereocenters. The van der Waals surface area contributed by atoms with Crippen molar-refractivity contribution in [2.24, 2.45) is 0 Å². The minimum absolute atomic E-state index is 0.0784. The lowest BCUT2D eigenvalue weighted by Crippen LogP contribution is -2.20. The van der Waals surface area contributed by atoms with Gasteiger partial charge in [0.1, 0.15) is 0 Å². The van der Waals surface area contributed by atoms with Crippen molar-refractivity contribution in [3.63, 3.8) is 0 Å². The average Bonchev–Trinajstić information content (AvgIpc) is 2.75. The van der Waals surface area contributed by atoms with E-state index < -0.39 is 11.7 Å². The predicted octanol–water partition coefficient (Wildman–Crippen LogP) is 5.88. The van der Waals surface area contributed by atoms with Gasteiger partial charge in [-0.15, -0.1) is 11.3 Å². The lowest BCUT2D eigenvalue weighted by molar-refractivity contribution is -0.137. The number of thiophene rings is 1. The number of rotatable bonds is 4. The maximum atomic E-state index is 13.1. The number of hydrogen-bond acceptors (Lipinski definition) is 2. The van der Waals surface area contributed by atoms with Crippen molar-refractivity contribution < 1.29 is 13.2 Å². The second kappa shape index (κ2) is 6.40. The van der Waals surface area contributed by atoms with Crippen LogP contribution in [-0.4, -0.2) is 6.04 Å². The average molecular weight is 378 g/mol. The van der Waals surface area contributed by atoms with Gasteiger partial charge in [-0.3, -0.25) is 0 Å². The number of alkyl halides is 3. The van der Waals surface area contributed by atoms with Gasteiger partial charge in [0, 0.05) is 32.4 Å². The summed E-state index contributed by atoms with van der Waals surface area (Å²) in [7, 11) is 0. The van der Waals surface area contributed by atoms with Gasteiger partial charge in [0.2, 0.25) is 0 Å². The number of hydrogen-bond donors (Lipinski definition) is 1. The van der Waals surface area contributed by atoms with Crippen LogP contribution in [0.15, 0.2) is 34.8 Å². The molecule has 6 heteroatoms. The van der Waals surface area contributed by atoms with E-state index in [0.717, 1.165) is 10.9 Å². The summed E-state index contributed by atoms with van der Waals surface area (Å²) < 4.78 is 39.6. The van der Waals surface area contributed by atoms with Gasteiger partial charge >= 0.3 is 6.18 Å². The molecule has 0 bridgehead atoms. The Bertz CT molecular complexity index is 622. The maximum absolute atomic E-state index is 13.1. The molecule has 0 aliphatic carbocycles. The largest absolute Gasteiger partial charge is 0.418 e. The molecule has 0 aliphatic heterocycles. The van der Waals surface area contributed by atoms with Crippen LogP contribution < -0.4 is 5.32 Å². The van der Waals surface area contributed by atoms with Gasteiger partial charge in [0.15, 0.2) is 0 Å². The number of anilines is 1. The lowest BCUT2D eigenvalue weighted by atomic mass is 10.1. The van der Waals surface area contributed by atoms with E-state index in [-0.39, 0.29) is 11.7 Å². The molecule has 0 radical (unpaired) electrons. The smallest absolute Gasteiger partial charge is 0.382 e. The Morgan fingerprint density at radius 1 is 1.24 bits per heavy atom. The van der Waals surface area contributed by atoms with Crippen molar-refractivity contribution >= 4 is 33.0 Å². The molecule has 21 heavy (non-hydrogen) atoms. The van der Waals surface area contributed by atoms with Crippen LogP contribution in [0.25, 0.3) is 0 Å². The second-order valence-electron chi connectivity index (χ2n) is 4.95. The van der Waals surface area contributed by atoms with Crippen molar-refractivity contribution in [1.82, 2.24) is 0 Å². The molecule has 0 fully saturated rings. The molecule has 1 unspecified atom stereocenters. The van der Waals surface area contributed by atoms with E-state index in [9.17, 15) is 13.2 Å².